The van der Waals surface area contributed by atoms with Crippen LogP contribution in [0.3, 0.4) is 0 Å². The summed E-state index contributed by atoms with van der Waals surface area (Å²) in [6, 6.07) is 5.98. The number of aryl methyl sites for hydroxylation is 1. The number of rotatable bonds is 7. The molecule has 0 unspecified atom stereocenters. The smallest absolute Gasteiger partial charge is 0.188 e. The molecular weight excluding hydrogens is 292 g/mol. The van der Waals surface area contributed by atoms with Crippen LogP contribution in [0.15, 0.2) is 18.2 Å². The molecule has 0 atom stereocenters. The van der Waals surface area contributed by atoms with Gasteiger partial charge in [-0.3, -0.25) is 4.79 Å². The van der Waals surface area contributed by atoms with Gasteiger partial charge in [-0.25, -0.2) is 0 Å². The van der Waals surface area contributed by atoms with E-state index in [-0.39, 0.29) is 6.79 Å². The highest BCUT2D eigenvalue weighted by atomic mass is 16.7. The predicted octanol–water partition coefficient (Wildman–Crippen LogP) is 4.15. The molecule has 1 aliphatic carbocycles. The summed E-state index contributed by atoms with van der Waals surface area (Å²) in [6.07, 6.45) is 8.07. The topological polar surface area (TPSA) is 44.8 Å². The molecular formula is C19H28O4. The Morgan fingerprint density at radius 1 is 1.13 bits per heavy atom. The number of ether oxygens (including phenoxy) is 3. The maximum absolute atomic E-state index is 11.5. The Bertz CT molecular complexity index is 486. The third kappa shape index (κ3) is 5.87. The van der Waals surface area contributed by atoms with E-state index < -0.39 is 0 Å². The summed E-state index contributed by atoms with van der Waals surface area (Å²) in [5.74, 6) is 2.78. The van der Waals surface area contributed by atoms with E-state index in [4.69, 9.17) is 14.2 Å². The summed E-state index contributed by atoms with van der Waals surface area (Å²) in [7, 11) is 3.28. The van der Waals surface area contributed by atoms with Crippen molar-refractivity contribution in [3.05, 3.63) is 23.8 Å². The molecule has 0 aliphatic heterocycles. The SMILES string of the molecule is COCOc1cc(OC)ccc1CCC1CCCC(=O)CCC1. The lowest BCUT2D eigenvalue weighted by atomic mass is 9.86. The third-order valence-corrected chi connectivity index (χ3v) is 4.56. The summed E-state index contributed by atoms with van der Waals surface area (Å²) in [6.45, 7) is 0.242. The van der Waals surface area contributed by atoms with E-state index in [0.29, 0.717) is 11.7 Å². The van der Waals surface area contributed by atoms with Gasteiger partial charge in [-0.1, -0.05) is 18.9 Å². The normalized spacial score (nSPS) is 16.7. The summed E-state index contributed by atoms with van der Waals surface area (Å²) in [5.41, 5.74) is 1.20. The molecule has 0 bridgehead atoms. The summed E-state index contributed by atoms with van der Waals surface area (Å²) in [5, 5.41) is 0. The highest BCUT2D eigenvalue weighted by Crippen LogP contribution is 2.30. The van der Waals surface area contributed by atoms with Crippen LogP contribution in [0.2, 0.25) is 0 Å². The molecule has 0 radical (unpaired) electrons. The Labute approximate surface area is 139 Å². The van der Waals surface area contributed by atoms with Crippen molar-refractivity contribution in [1.29, 1.82) is 0 Å². The van der Waals surface area contributed by atoms with Crippen LogP contribution in [-0.2, 0) is 16.0 Å². The number of carbonyl (C=O) groups is 1. The molecule has 4 nitrogen and oxygen atoms in total. The van der Waals surface area contributed by atoms with E-state index in [1.165, 1.54) is 5.56 Å². The summed E-state index contributed by atoms with van der Waals surface area (Å²) in [4.78, 5) is 11.5. The first-order chi connectivity index (χ1) is 11.2. The van der Waals surface area contributed by atoms with Crippen LogP contribution in [0.5, 0.6) is 11.5 Å². The highest BCUT2D eigenvalue weighted by Gasteiger charge is 2.16. The molecule has 23 heavy (non-hydrogen) atoms. The van der Waals surface area contributed by atoms with Gasteiger partial charge in [0.2, 0.25) is 0 Å². The molecule has 128 valence electrons. The van der Waals surface area contributed by atoms with Crippen molar-refractivity contribution in [3.63, 3.8) is 0 Å². The van der Waals surface area contributed by atoms with Crippen LogP contribution in [0.25, 0.3) is 0 Å². The quantitative estimate of drug-likeness (QED) is 0.708. The van der Waals surface area contributed by atoms with Crippen molar-refractivity contribution >= 4 is 5.78 Å². The molecule has 0 saturated heterocycles. The average Bonchev–Trinajstić information content (AvgIpc) is 2.55. The Hall–Kier alpha value is -1.55. The first-order valence-electron chi connectivity index (χ1n) is 8.53. The van der Waals surface area contributed by atoms with E-state index in [2.05, 4.69) is 6.07 Å². The zero-order valence-corrected chi connectivity index (χ0v) is 14.3. The van der Waals surface area contributed by atoms with E-state index in [0.717, 1.165) is 62.9 Å². The fourth-order valence-corrected chi connectivity index (χ4v) is 3.22. The van der Waals surface area contributed by atoms with Crippen LogP contribution in [0.4, 0.5) is 0 Å². The molecule has 4 heteroatoms. The van der Waals surface area contributed by atoms with Gasteiger partial charge in [0, 0.05) is 26.0 Å². The summed E-state index contributed by atoms with van der Waals surface area (Å²) >= 11 is 0. The number of methoxy groups -OCH3 is 2. The molecule has 1 aromatic rings. The van der Waals surface area contributed by atoms with Crippen LogP contribution < -0.4 is 9.47 Å². The summed E-state index contributed by atoms with van der Waals surface area (Å²) < 4.78 is 16.0. The van der Waals surface area contributed by atoms with E-state index in [9.17, 15) is 4.79 Å². The van der Waals surface area contributed by atoms with Gasteiger partial charge in [0.1, 0.15) is 17.3 Å². The Morgan fingerprint density at radius 3 is 2.52 bits per heavy atom. The number of ketones is 1. The number of Topliss-reactive ketones (excluding diaryl/α,β-unsaturated/α-hetero) is 1. The Kier molecular flexibility index (Phi) is 7.40. The fraction of sp³-hybridized carbons (Fsp3) is 0.632. The van der Waals surface area contributed by atoms with Crippen molar-refractivity contribution in [2.45, 2.75) is 51.4 Å². The van der Waals surface area contributed by atoms with E-state index in [1.54, 1.807) is 14.2 Å². The van der Waals surface area contributed by atoms with Crippen molar-refractivity contribution in [2.75, 3.05) is 21.0 Å². The first kappa shape index (κ1) is 17.8. The minimum absolute atomic E-state index is 0.242. The molecule has 2 rings (SSSR count). The monoisotopic (exact) mass is 320 g/mol. The van der Waals surface area contributed by atoms with E-state index in [1.807, 2.05) is 12.1 Å². The Morgan fingerprint density at radius 2 is 1.87 bits per heavy atom. The largest absolute Gasteiger partial charge is 0.497 e. The van der Waals surface area contributed by atoms with Gasteiger partial charge in [-0.2, -0.15) is 0 Å². The van der Waals surface area contributed by atoms with Gasteiger partial charge in [0.05, 0.1) is 7.11 Å². The standard InChI is InChI=1S/C19H28O4/c1-21-14-23-19-13-18(22-2)12-11-16(19)10-9-15-5-3-7-17(20)8-4-6-15/h11-13,15H,3-10,14H2,1-2H3. The third-order valence-electron chi connectivity index (χ3n) is 4.56. The van der Waals surface area contributed by atoms with Gasteiger partial charge in [-0.15, -0.1) is 0 Å². The zero-order chi connectivity index (χ0) is 16.5. The molecule has 1 aliphatic rings. The Balaban J connectivity index is 1.94. The molecule has 1 fully saturated rings. The lowest BCUT2D eigenvalue weighted by Gasteiger charge is -2.20. The van der Waals surface area contributed by atoms with E-state index >= 15 is 0 Å². The van der Waals surface area contributed by atoms with Gasteiger partial charge < -0.3 is 14.2 Å². The second-order valence-corrected chi connectivity index (χ2v) is 6.25. The minimum Gasteiger partial charge on any atom is -0.497 e. The van der Waals surface area contributed by atoms with Crippen molar-refractivity contribution in [2.24, 2.45) is 5.92 Å². The first-order valence-corrected chi connectivity index (χ1v) is 8.53. The zero-order valence-electron chi connectivity index (χ0n) is 14.3. The van der Waals surface area contributed by atoms with Crippen molar-refractivity contribution < 1.29 is 19.0 Å². The van der Waals surface area contributed by atoms with Gasteiger partial charge in [0.25, 0.3) is 0 Å². The number of hydrogen-bond donors (Lipinski definition) is 0. The predicted molar refractivity (Wildman–Crippen MR) is 90.0 cm³/mol. The molecule has 0 heterocycles. The van der Waals surface area contributed by atoms with Crippen molar-refractivity contribution in [3.8, 4) is 11.5 Å². The minimum atomic E-state index is 0.242. The molecule has 0 spiro atoms. The molecule has 0 aromatic heterocycles. The second-order valence-electron chi connectivity index (χ2n) is 6.25. The molecule has 1 aromatic carbocycles. The van der Waals surface area contributed by atoms with Gasteiger partial charge >= 0.3 is 0 Å². The lowest BCUT2D eigenvalue weighted by Crippen LogP contribution is -2.10. The van der Waals surface area contributed by atoms with Crippen LogP contribution in [-0.4, -0.2) is 26.8 Å². The fourth-order valence-electron chi connectivity index (χ4n) is 3.22. The van der Waals surface area contributed by atoms with Crippen molar-refractivity contribution in [1.82, 2.24) is 0 Å². The second kappa shape index (κ2) is 9.56. The highest BCUT2D eigenvalue weighted by molar-refractivity contribution is 5.78. The molecule has 0 N–H and O–H groups in total. The van der Waals surface area contributed by atoms with Gasteiger partial charge in [0.15, 0.2) is 6.79 Å². The molecule has 0 amide bonds. The molecule has 1 saturated carbocycles. The maximum Gasteiger partial charge on any atom is 0.188 e. The maximum atomic E-state index is 11.5. The number of carbonyl (C=O) groups excluding carboxylic acids is 1. The van der Waals surface area contributed by atoms with Crippen LogP contribution in [0.1, 0.15) is 50.5 Å². The number of benzene rings is 1. The van der Waals surface area contributed by atoms with Crippen LogP contribution >= 0.6 is 0 Å². The lowest BCUT2D eigenvalue weighted by molar-refractivity contribution is -0.119. The average molecular weight is 320 g/mol. The van der Waals surface area contributed by atoms with Gasteiger partial charge in [-0.05, 0) is 43.2 Å². The number of hydrogen-bond acceptors (Lipinski definition) is 4. The van der Waals surface area contributed by atoms with Crippen LogP contribution in [0, 0.1) is 5.92 Å².